The van der Waals surface area contributed by atoms with Crippen molar-refractivity contribution in [2.45, 2.75) is 56.9 Å². The second-order valence-corrected chi connectivity index (χ2v) is 7.13. The van der Waals surface area contributed by atoms with Gasteiger partial charge in [0.15, 0.2) is 0 Å². The first-order valence-electron chi connectivity index (χ1n) is 8.45. The fourth-order valence-corrected chi connectivity index (χ4v) is 4.15. The maximum Gasteiger partial charge on any atom is 0.0440 e. The Balaban J connectivity index is 1.84. The molecule has 1 aliphatic heterocycles. The minimum atomic E-state index is 0.231. The van der Waals surface area contributed by atoms with Crippen LogP contribution in [0.25, 0.3) is 0 Å². The van der Waals surface area contributed by atoms with E-state index >= 15 is 0 Å². The Morgan fingerprint density at radius 2 is 1.95 bits per heavy atom. The van der Waals surface area contributed by atoms with Gasteiger partial charge in [0.25, 0.3) is 0 Å². The molecule has 0 saturated heterocycles. The molecule has 0 bridgehead atoms. The zero-order chi connectivity index (χ0) is 15.6. The summed E-state index contributed by atoms with van der Waals surface area (Å²) in [5, 5.41) is 3.82. The highest BCUT2D eigenvalue weighted by molar-refractivity contribution is 5.65. The predicted molar refractivity (Wildman–Crippen MR) is 96.5 cm³/mol. The van der Waals surface area contributed by atoms with Crippen LogP contribution in [0.15, 0.2) is 55.2 Å². The molecule has 1 aromatic rings. The zero-order valence-corrected chi connectivity index (χ0v) is 13.9. The number of benzene rings is 1. The quantitative estimate of drug-likeness (QED) is 0.718. The van der Waals surface area contributed by atoms with Gasteiger partial charge in [-0.3, -0.25) is 0 Å². The topological polar surface area (TPSA) is 12.0 Å². The summed E-state index contributed by atoms with van der Waals surface area (Å²) in [6.07, 6.45) is 16.4. The van der Waals surface area contributed by atoms with E-state index in [4.69, 9.17) is 0 Å². The van der Waals surface area contributed by atoms with Crippen LogP contribution in [0.4, 0.5) is 5.69 Å². The molecule has 1 saturated carbocycles. The molecule has 1 aliphatic carbocycles. The summed E-state index contributed by atoms with van der Waals surface area (Å²) in [7, 11) is 0. The van der Waals surface area contributed by atoms with Crippen molar-refractivity contribution in [3.8, 4) is 0 Å². The van der Waals surface area contributed by atoms with E-state index in [1.165, 1.54) is 42.5 Å². The number of hydrogen-bond donors (Lipinski definition) is 1. The number of hydrogen-bond acceptors (Lipinski definition) is 1. The van der Waals surface area contributed by atoms with E-state index in [0.717, 1.165) is 6.42 Å². The lowest BCUT2D eigenvalue weighted by Gasteiger charge is -2.45. The van der Waals surface area contributed by atoms with Gasteiger partial charge in [-0.25, -0.2) is 0 Å². The number of nitrogens with one attached hydrogen (secondary N) is 1. The normalized spacial score (nSPS) is 30.3. The highest BCUT2D eigenvalue weighted by Gasteiger charge is 2.52. The summed E-state index contributed by atoms with van der Waals surface area (Å²) >= 11 is 0. The van der Waals surface area contributed by atoms with Gasteiger partial charge in [-0.1, -0.05) is 68.9 Å². The van der Waals surface area contributed by atoms with Crippen molar-refractivity contribution < 1.29 is 0 Å². The van der Waals surface area contributed by atoms with E-state index in [1.54, 1.807) is 6.08 Å². The Morgan fingerprint density at radius 1 is 1.14 bits per heavy atom. The van der Waals surface area contributed by atoms with Crippen LogP contribution < -0.4 is 5.32 Å². The molecule has 1 heteroatoms. The van der Waals surface area contributed by atoms with Gasteiger partial charge in [-0.15, -0.1) is 0 Å². The molecule has 116 valence electrons. The predicted octanol–water partition coefficient (Wildman–Crippen LogP) is 5.54. The van der Waals surface area contributed by atoms with Crippen molar-refractivity contribution in [3.05, 3.63) is 66.3 Å². The van der Waals surface area contributed by atoms with Gasteiger partial charge >= 0.3 is 0 Å². The van der Waals surface area contributed by atoms with Crippen molar-refractivity contribution in [2.24, 2.45) is 0 Å². The van der Waals surface area contributed by atoms with Gasteiger partial charge in [0.2, 0.25) is 0 Å². The standard InChI is InChI=1S/C21H27N/c1-4-5-6-7-8-11-17-12-13-19-18(16-17)20(2)14-9-10-15-21(20,3)22-19/h4-8,12-13,16,22H,1,9-11,14-15H2,2-3H3/b6-5-,8-7-. The molecule has 1 fully saturated rings. The summed E-state index contributed by atoms with van der Waals surface area (Å²) in [5.41, 5.74) is 4.80. The third-order valence-corrected chi connectivity index (χ3v) is 5.76. The summed E-state index contributed by atoms with van der Waals surface area (Å²) in [5.74, 6) is 0. The monoisotopic (exact) mass is 293 g/mol. The smallest absolute Gasteiger partial charge is 0.0440 e. The van der Waals surface area contributed by atoms with Crippen LogP contribution in [0.3, 0.4) is 0 Å². The lowest BCUT2D eigenvalue weighted by atomic mass is 9.62. The molecule has 0 aromatic heterocycles. The number of rotatable bonds is 4. The van der Waals surface area contributed by atoms with Gasteiger partial charge in [-0.05, 0) is 43.4 Å². The second kappa shape index (κ2) is 5.79. The van der Waals surface area contributed by atoms with E-state index < -0.39 is 0 Å². The number of anilines is 1. The summed E-state index contributed by atoms with van der Waals surface area (Å²) in [6.45, 7) is 8.54. The Bertz CT molecular complexity index is 625. The minimum Gasteiger partial charge on any atom is -0.379 e. The highest BCUT2D eigenvalue weighted by atomic mass is 15.0. The van der Waals surface area contributed by atoms with Crippen LogP contribution in [0.2, 0.25) is 0 Å². The molecule has 3 rings (SSSR count). The molecule has 2 unspecified atom stereocenters. The first-order valence-corrected chi connectivity index (χ1v) is 8.45. The van der Waals surface area contributed by atoms with Crippen LogP contribution in [0.5, 0.6) is 0 Å². The second-order valence-electron chi connectivity index (χ2n) is 7.13. The van der Waals surface area contributed by atoms with Crippen molar-refractivity contribution in [1.82, 2.24) is 0 Å². The van der Waals surface area contributed by atoms with Crippen LogP contribution in [0, 0.1) is 0 Å². The largest absolute Gasteiger partial charge is 0.379 e. The van der Waals surface area contributed by atoms with Crippen LogP contribution in [-0.4, -0.2) is 5.54 Å². The average molecular weight is 293 g/mol. The maximum absolute atomic E-state index is 3.82. The molecule has 1 N–H and O–H groups in total. The Kier molecular flexibility index (Phi) is 3.99. The van der Waals surface area contributed by atoms with E-state index in [2.05, 4.69) is 56.1 Å². The first-order chi connectivity index (χ1) is 10.6. The van der Waals surface area contributed by atoms with E-state index in [0.29, 0.717) is 0 Å². The zero-order valence-electron chi connectivity index (χ0n) is 13.9. The van der Waals surface area contributed by atoms with Gasteiger partial charge in [0, 0.05) is 16.6 Å². The molecule has 22 heavy (non-hydrogen) atoms. The van der Waals surface area contributed by atoms with Gasteiger partial charge in [0.1, 0.15) is 0 Å². The van der Waals surface area contributed by atoms with Gasteiger partial charge in [0.05, 0.1) is 0 Å². The molecular formula is C21H27N. The molecule has 1 aromatic carbocycles. The van der Waals surface area contributed by atoms with Crippen LogP contribution in [-0.2, 0) is 11.8 Å². The van der Waals surface area contributed by atoms with Crippen molar-refractivity contribution in [1.29, 1.82) is 0 Å². The van der Waals surface area contributed by atoms with E-state index in [-0.39, 0.29) is 11.0 Å². The summed E-state index contributed by atoms with van der Waals surface area (Å²) in [4.78, 5) is 0. The van der Waals surface area contributed by atoms with E-state index in [9.17, 15) is 0 Å². The Hall–Kier alpha value is -1.76. The van der Waals surface area contributed by atoms with Crippen LogP contribution >= 0.6 is 0 Å². The first kappa shape index (κ1) is 15.1. The maximum atomic E-state index is 3.82. The molecule has 2 aliphatic rings. The molecule has 1 nitrogen and oxygen atoms in total. The third kappa shape index (κ3) is 2.43. The third-order valence-electron chi connectivity index (χ3n) is 5.76. The number of fused-ring (bicyclic) bond motifs is 3. The molecule has 1 heterocycles. The highest BCUT2D eigenvalue weighted by Crippen LogP contribution is 2.54. The summed E-state index contributed by atoms with van der Waals surface area (Å²) in [6, 6.07) is 6.98. The van der Waals surface area contributed by atoms with E-state index in [1.807, 2.05) is 12.2 Å². The lowest BCUT2D eigenvalue weighted by Crippen LogP contribution is -2.50. The van der Waals surface area contributed by atoms with Crippen molar-refractivity contribution in [3.63, 3.8) is 0 Å². The Labute approximate surface area is 134 Å². The van der Waals surface area contributed by atoms with Gasteiger partial charge < -0.3 is 5.32 Å². The average Bonchev–Trinajstić information content (AvgIpc) is 2.75. The SMILES string of the molecule is C=C/C=C\C=C/Cc1ccc2c(c1)C1(C)CCCCC1(C)N2. The van der Waals surface area contributed by atoms with Gasteiger partial charge in [-0.2, -0.15) is 0 Å². The minimum absolute atomic E-state index is 0.231. The van der Waals surface area contributed by atoms with Crippen molar-refractivity contribution >= 4 is 5.69 Å². The molecular weight excluding hydrogens is 266 g/mol. The molecule has 0 amide bonds. The molecule has 2 atom stereocenters. The summed E-state index contributed by atoms with van der Waals surface area (Å²) < 4.78 is 0. The lowest BCUT2D eigenvalue weighted by molar-refractivity contribution is 0.214. The van der Waals surface area contributed by atoms with Crippen molar-refractivity contribution in [2.75, 3.05) is 5.32 Å². The molecule has 0 radical (unpaired) electrons. The molecule has 0 spiro atoms. The number of allylic oxidation sites excluding steroid dienone is 5. The fraction of sp³-hybridized carbons (Fsp3) is 0.429. The Morgan fingerprint density at radius 3 is 2.77 bits per heavy atom. The fourth-order valence-electron chi connectivity index (χ4n) is 4.15. The van der Waals surface area contributed by atoms with Crippen LogP contribution in [0.1, 0.15) is 50.7 Å².